The number of aromatic nitrogens is 1. The first-order chi connectivity index (χ1) is 12.0. The van der Waals surface area contributed by atoms with Crippen LogP contribution in [0.2, 0.25) is 0 Å². The number of nitrogens with zero attached hydrogens (tertiary/aromatic N) is 3. The SMILES string of the molecule is CN(C)C(=S)Oc1ccc2ncc([N+](=O)[O-])c(-c3ccccc3)c2c1. The lowest BCUT2D eigenvalue weighted by molar-refractivity contribution is -0.384. The molecule has 0 N–H and O–H groups in total. The van der Waals surface area contributed by atoms with Crippen LogP contribution in [-0.4, -0.2) is 34.1 Å². The molecule has 1 heterocycles. The van der Waals surface area contributed by atoms with E-state index in [1.807, 2.05) is 30.3 Å². The van der Waals surface area contributed by atoms with Crippen molar-refractivity contribution in [3.63, 3.8) is 0 Å². The van der Waals surface area contributed by atoms with Gasteiger partial charge in [0, 0.05) is 19.5 Å². The fraction of sp³-hybridized carbons (Fsp3) is 0.111. The van der Waals surface area contributed by atoms with Gasteiger partial charge < -0.3 is 9.64 Å². The van der Waals surface area contributed by atoms with E-state index in [9.17, 15) is 10.1 Å². The lowest BCUT2D eigenvalue weighted by Crippen LogP contribution is -2.24. The summed E-state index contributed by atoms with van der Waals surface area (Å²) in [7, 11) is 3.57. The highest BCUT2D eigenvalue weighted by atomic mass is 32.1. The van der Waals surface area contributed by atoms with Gasteiger partial charge in [0.05, 0.1) is 16.0 Å². The van der Waals surface area contributed by atoms with Crippen LogP contribution in [0.5, 0.6) is 5.75 Å². The molecule has 1 aromatic heterocycles. The standard InChI is InChI=1S/C18H15N3O3S/c1-20(2)18(25)24-13-8-9-15-14(10-13)17(12-6-4-3-5-7-12)16(11-19-15)21(22)23/h3-11H,1-2H3. The summed E-state index contributed by atoms with van der Waals surface area (Å²) in [6, 6.07) is 14.4. The molecular formula is C18H15N3O3S. The summed E-state index contributed by atoms with van der Waals surface area (Å²) >= 11 is 5.16. The summed E-state index contributed by atoms with van der Waals surface area (Å²) in [5.41, 5.74) is 1.85. The third-order valence-corrected chi connectivity index (χ3v) is 4.10. The zero-order valence-corrected chi connectivity index (χ0v) is 14.5. The summed E-state index contributed by atoms with van der Waals surface area (Å²) in [6.45, 7) is 0. The minimum atomic E-state index is -0.424. The highest BCUT2D eigenvalue weighted by molar-refractivity contribution is 7.80. The zero-order valence-electron chi connectivity index (χ0n) is 13.7. The molecule has 0 unspecified atom stereocenters. The van der Waals surface area contributed by atoms with Crippen LogP contribution in [0.4, 0.5) is 5.69 Å². The maximum atomic E-state index is 11.5. The minimum Gasteiger partial charge on any atom is -0.432 e. The molecule has 0 saturated carbocycles. The molecule has 0 amide bonds. The zero-order chi connectivity index (χ0) is 18.0. The summed E-state index contributed by atoms with van der Waals surface area (Å²) in [5.74, 6) is 0.505. The first kappa shape index (κ1) is 16.8. The molecule has 0 radical (unpaired) electrons. The van der Waals surface area contributed by atoms with Gasteiger partial charge in [-0.2, -0.15) is 0 Å². The molecule has 126 valence electrons. The average molecular weight is 353 g/mol. The molecule has 0 aliphatic carbocycles. The van der Waals surface area contributed by atoms with Crippen LogP contribution in [-0.2, 0) is 0 Å². The fourth-order valence-corrected chi connectivity index (χ4v) is 2.56. The summed E-state index contributed by atoms with van der Waals surface area (Å²) < 4.78 is 5.63. The van der Waals surface area contributed by atoms with E-state index in [1.54, 1.807) is 37.2 Å². The number of ether oxygens (including phenoxy) is 1. The van der Waals surface area contributed by atoms with Gasteiger partial charge in [0.2, 0.25) is 0 Å². The van der Waals surface area contributed by atoms with Crippen molar-refractivity contribution in [1.82, 2.24) is 9.88 Å². The van der Waals surface area contributed by atoms with Gasteiger partial charge in [-0.1, -0.05) is 30.3 Å². The van der Waals surface area contributed by atoms with Crippen molar-refractivity contribution in [3.8, 4) is 16.9 Å². The van der Waals surface area contributed by atoms with Crippen LogP contribution in [0, 0.1) is 10.1 Å². The number of fused-ring (bicyclic) bond motifs is 1. The van der Waals surface area contributed by atoms with Gasteiger partial charge >= 0.3 is 0 Å². The van der Waals surface area contributed by atoms with Gasteiger partial charge in [-0.3, -0.25) is 10.1 Å². The smallest absolute Gasteiger partial charge is 0.295 e. The van der Waals surface area contributed by atoms with Crippen LogP contribution in [0.1, 0.15) is 0 Å². The van der Waals surface area contributed by atoms with Crippen molar-refractivity contribution in [2.45, 2.75) is 0 Å². The van der Waals surface area contributed by atoms with Crippen molar-refractivity contribution < 1.29 is 9.66 Å². The maximum absolute atomic E-state index is 11.5. The lowest BCUT2D eigenvalue weighted by atomic mass is 9.99. The van der Waals surface area contributed by atoms with E-state index in [1.165, 1.54) is 6.20 Å². The predicted octanol–water partition coefficient (Wildman–Crippen LogP) is 4.04. The Labute approximate surface area is 149 Å². The van der Waals surface area contributed by atoms with Gasteiger partial charge in [-0.25, -0.2) is 4.98 Å². The van der Waals surface area contributed by atoms with Crippen molar-refractivity contribution in [2.75, 3.05) is 14.1 Å². The number of pyridine rings is 1. The van der Waals surface area contributed by atoms with Crippen LogP contribution in [0.15, 0.2) is 54.7 Å². The topological polar surface area (TPSA) is 68.5 Å². The highest BCUT2D eigenvalue weighted by Gasteiger charge is 2.20. The molecule has 7 heteroatoms. The van der Waals surface area contributed by atoms with E-state index in [0.29, 0.717) is 27.4 Å². The second kappa shape index (κ2) is 6.82. The largest absolute Gasteiger partial charge is 0.432 e. The number of thiocarbonyl (C=S) groups is 1. The lowest BCUT2D eigenvalue weighted by Gasteiger charge is -2.15. The normalized spacial score (nSPS) is 10.5. The Balaban J connectivity index is 2.23. The summed E-state index contributed by atoms with van der Waals surface area (Å²) in [5, 5.41) is 12.4. The van der Waals surface area contributed by atoms with Crippen LogP contribution in [0.25, 0.3) is 22.0 Å². The van der Waals surface area contributed by atoms with Crippen LogP contribution < -0.4 is 4.74 Å². The Morgan fingerprint density at radius 1 is 1.20 bits per heavy atom. The highest BCUT2D eigenvalue weighted by Crippen LogP contribution is 2.37. The van der Waals surface area contributed by atoms with Crippen LogP contribution in [0.3, 0.4) is 0 Å². The van der Waals surface area contributed by atoms with E-state index < -0.39 is 4.92 Å². The van der Waals surface area contributed by atoms with Crippen molar-refractivity contribution in [2.24, 2.45) is 0 Å². The molecular weight excluding hydrogens is 338 g/mol. The first-order valence-electron chi connectivity index (χ1n) is 7.49. The van der Waals surface area contributed by atoms with Gasteiger partial charge in [-0.05, 0) is 36.0 Å². The predicted molar refractivity (Wildman–Crippen MR) is 101 cm³/mol. The molecule has 3 rings (SSSR count). The summed E-state index contributed by atoms with van der Waals surface area (Å²) in [6.07, 6.45) is 1.29. The molecule has 6 nitrogen and oxygen atoms in total. The Morgan fingerprint density at radius 2 is 1.92 bits per heavy atom. The second-order valence-electron chi connectivity index (χ2n) is 5.58. The monoisotopic (exact) mass is 353 g/mol. The molecule has 0 fully saturated rings. The number of nitro groups is 1. The third-order valence-electron chi connectivity index (χ3n) is 3.65. The maximum Gasteiger partial charge on any atom is 0.295 e. The quantitative estimate of drug-likeness (QED) is 0.402. The van der Waals surface area contributed by atoms with Crippen molar-refractivity contribution >= 4 is 34.0 Å². The van der Waals surface area contributed by atoms with E-state index >= 15 is 0 Å². The molecule has 2 aromatic carbocycles. The Hall–Kier alpha value is -3.06. The third kappa shape index (κ3) is 3.41. The van der Waals surface area contributed by atoms with E-state index in [4.69, 9.17) is 17.0 Å². The Bertz CT molecular complexity index is 958. The molecule has 0 saturated heterocycles. The Kier molecular flexibility index (Phi) is 4.58. The molecule has 0 aliphatic rings. The van der Waals surface area contributed by atoms with Crippen molar-refractivity contribution in [3.05, 3.63) is 64.8 Å². The minimum absolute atomic E-state index is 0.0500. The van der Waals surface area contributed by atoms with Gasteiger partial charge in [0.25, 0.3) is 10.9 Å². The van der Waals surface area contributed by atoms with Crippen LogP contribution >= 0.6 is 12.2 Å². The van der Waals surface area contributed by atoms with E-state index in [-0.39, 0.29) is 5.69 Å². The van der Waals surface area contributed by atoms with Crippen molar-refractivity contribution in [1.29, 1.82) is 0 Å². The molecule has 0 aliphatic heterocycles. The number of hydrogen-bond donors (Lipinski definition) is 0. The average Bonchev–Trinajstić information content (AvgIpc) is 2.61. The van der Waals surface area contributed by atoms with Gasteiger partial charge in [-0.15, -0.1) is 0 Å². The molecule has 0 bridgehead atoms. The van der Waals surface area contributed by atoms with E-state index in [0.717, 1.165) is 5.56 Å². The number of hydrogen-bond acceptors (Lipinski definition) is 5. The molecule has 25 heavy (non-hydrogen) atoms. The van der Waals surface area contributed by atoms with Gasteiger partial charge in [0.1, 0.15) is 11.9 Å². The Morgan fingerprint density at radius 3 is 2.56 bits per heavy atom. The number of benzene rings is 2. The van der Waals surface area contributed by atoms with E-state index in [2.05, 4.69) is 4.98 Å². The fourth-order valence-electron chi connectivity index (χ4n) is 2.46. The van der Waals surface area contributed by atoms with Gasteiger partial charge in [0.15, 0.2) is 0 Å². The number of rotatable bonds is 3. The molecule has 3 aromatic rings. The summed E-state index contributed by atoms with van der Waals surface area (Å²) in [4.78, 5) is 16.9. The molecule has 0 spiro atoms. The first-order valence-corrected chi connectivity index (χ1v) is 7.90. The second-order valence-corrected chi connectivity index (χ2v) is 5.93. The molecule has 0 atom stereocenters.